The fourth-order valence-corrected chi connectivity index (χ4v) is 4.21. The van der Waals surface area contributed by atoms with Crippen molar-refractivity contribution in [1.82, 2.24) is 24.5 Å². The Morgan fingerprint density at radius 3 is 2.56 bits per heavy atom. The molecule has 2 aliphatic heterocycles. The Balaban J connectivity index is 1.53. The van der Waals surface area contributed by atoms with Crippen LogP contribution in [0.5, 0.6) is 0 Å². The molecule has 2 saturated heterocycles. The van der Waals surface area contributed by atoms with E-state index in [1.807, 2.05) is 0 Å². The van der Waals surface area contributed by atoms with Gasteiger partial charge in [0, 0.05) is 69.8 Å². The van der Waals surface area contributed by atoms with Gasteiger partial charge in [0.1, 0.15) is 5.82 Å². The fourth-order valence-electron chi connectivity index (χ4n) is 3.40. The van der Waals surface area contributed by atoms with Gasteiger partial charge < -0.3 is 19.9 Å². The van der Waals surface area contributed by atoms with E-state index in [1.54, 1.807) is 0 Å². The molecule has 3 rings (SSSR count). The predicted molar refractivity (Wildman–Crippen MR) is 111 cm³/mol. The lowest BCUT2D eigenvalue weighted by atomic mass is 10.2. The van der Waals surface area contributed by atoms with Crippen LogP contribution >= 0.6 is 11.5 Å². The number of piperazine rings is 1. The molecule has 0 amide bonds. The molecule has 2 fully saturated rings. The lowest BCUT2D eigenvalue weighted by Crippen LogP contribution is -2.53. The van der Waals surface area contributed by atoms with Gasteiger partial charge >= 0.3 is 0 Å². The maximum absolute atomic E-state index is 5.45. The molecule has 1 aromatic rings. The van der Waals surface area contributed by atoms with Gasteiger partial charge in [0.2, 0.25) is 5.13 Å². The van der Waals surface area contributed by atoms with Gasteiger partial charge in [-0.25, -0.2) is 4.98 Å². The fraction of sp³-hybridized carbons (Fsp3) is 0.833. The van der Waals surface area contributed by atoms with Crippen molar-refractivity contribution in [3.63, 3.8) is 0 Å². The van der Waals surface area contributed by atoms with E-state index in [0.29, 0.717) is 6.04 Å². The van der Waals surface area contributed by atoms with Gasteiger partial charge in [0.05, 0.1) is 19.8 Å². The molecule has 152 valence electrons. The summed E-state index contributed by atoms with van der Waals surface area (Å²) in [4.78, 5) is 16.7. The molecule has 0 aromatic carbocycles. The molecular formula is C18H33N7OS. The van der Waals surface area contributed by atoms with Crippen molar-refractivity contribution in [1.29, 1.82) is 0 Å². The third-order valence-corrected chi connectivity index (χ3v) is 5.95. The molecule has 3 heterocycles. The molecule has 8 nitrogen and oxygen atoms in total. The molecule has 1 unspecified atom stereocenters. The van der Waals surface area contributed by atoms with Crippen LogP contribution in [-0.2, 0) is 11.2 Å². The number of nitrogens with zero attached hydrogens (tertiary/aromatic N) is 6. The highest BCUT2D eigenvalue weighted by atomic mass is 32.1. The summed E-state index contributed by atoms with van der Waals surface area (Å²) >= 11 is 1.52. The second kappa shape index (κ2) is 10.2. The first-order valence-electron chi connectivity index (χ1n) is 10.1. The van der Waals surface area contributed by atoms with Crippen LogP contribution in [0.1, 0.15) is 26.6 Å². The second-order valence-electron chi connectivity index (χ2n) is 7.01. The van der Waals surface area contributed by atoms with Gasteiger partial charge in [-0.05, 0) is 13.8 Å². The molecule has 9 heteroatoms. The number of hydrogen-bond acceptors (Lipinski definition) is 7. The lowest BCUT2D eigenvalue weighted by molar-refractivity contribution is 0.0220. The van der Waals surface area contributed by atoms with Gasteiger partial charge in [0.15, 0.2) is 5.96 Å². The first kappa shape index (κ1) is 20.3. The molecule has 1 atom stereocenters. The Kier molecular flexibility index (Phi) is 7.66. The highest BCUT2D eigenvalue weighted by Gasteiger charge is 2.23. The minimum atomic E-state index is 0.442. The average Bonchev–Trinajstić information content (AvgIpc) is 3.21. The summed E-state index contributed by atoms with van der Waals surface area (Å²) < 4.78 is 9.87. The average molecular weight is 396 g/mol. The zero-order valence-corrected chi connectivity index (χ0v) is 17.7. The largest absolute Gasteiger partial charge is 0.379 e. The topological polar surface area (TPSA) is 69.1 Å². The van der Waals surface area contributed by atoms with E-state index in [2.05, 4.69) is 50.1 Å². The molecule has 0 saturated carbocycles. The number of ether oxygens (including phenoxy) is 1. The van der Waals surface area contributed by atoms with Crippen molar-refractivity contribution in [2.75, 3.05) is 70.5 Å². The summed E-state index contributed by atoms with van der Waals surface area (Å²) in [7, 11) is 0. The first-order chi connectivity index (χ1) is 13.2. The highest BCUT2D eigenvalue weighted by molar-refractivity contribution is 7.09. The first-order valence-corrected chi connectivity index (χ1v) is 10.9. The SMILES string of the molecule is CCNC(=NCC(C)N1CCOCC1)N1CCN(c2nc(CC)ns2)CC1. The summed E-state index contributed by atoms with van der Waals surface area (Å²) in [6.07, 6.45) is 0.898. The van der Waals surface area contributed by atoms with Crippen LogP contribution < -0.4 is 10.2 Å². The van der Waals surface area contributed by atoms with E-state index in [0.717, 1.165) is 88.9 Å². The summed E-state index contributed by atoms with van der Waals surface area (Å²) in [5.74, 6) is 1.98. The van der Waals surface area contributed by atoms with Crippen LogP contribution in [0.25, 0.3) is 0 Å². The van der Waals surface area contributed by atoms with E-state index in [4.69, 9.17) is 9.73 Å². The Labute approximate surface area is 166 Å². The van der Waals surface area contributed by atoms with Crippen molar-refractivity contribution in [2.45, 2.75) is 33.2 Å². The third kappa shape index (κ3) is 5.52. The van der Waals surface area contributed by atoms with Crippen molar-refractivity contribution in [3.8, 4) is 0 Å². The summed E-state index contributed by atoms with van der Waals surface area (Å²) in [5, 5.41) is 4.52. The summed E-state index contributed by atoms with van der Waals surface area (Å²) in [6.45, 7) is 15.7. The quantitative estimate of drug-likeness (QED) is 0.567. The molecule has 0 spiro atoms. The minimum absolute atomic E-state index is 0.442. The van der Waals surface area contributed by atoms with E-state index >= 15 is 0 Å². The van der Waals surface area contributed by atoms with Crippen LogP contribution in [-0.4, -0.2) is 96.7 Å². The van der Waals surface area contributed by atoms with E-state index < -0.39 is 0 Å². The number of aryl methyl sites for hydroxylation is 1. The molecule has 0 radical (unpaired) electrons. The van der Waals surface area contributed by atoms with E-state index in [1.165, 1.54) is 11.5 Å². The minimum Gasteiger partial charge on any atom is -0.379 e. The van der Waals surface area contributed by atoms with Crippen molar-refractivity contribution < 1.29 is 4.74 Å². The van der Waals surface area contributed by atoms with Crippen LogP contribution in [0.15, 0.2) is 4.99 Å². The second-order valence-corrected chi connectivity index (χ2v) is 7.74. The van der Waals surface area contributed by atoms with Crippen molar-refractivity contribution in [3.05, 3.63) is 5.82 Å². The molecule has 1 N–H and O–H groups in total. The summed E-state index contributed by atoms with van der Waals surface area (Å²) in [5.41, 5.74) is 0. The number of aromatic nitrogens is 2. The Bertz CT molecular complexity index is 594. The Morgan fingerprint density at radius 1 is 1.19 bits per heavy atom. The predicted octanol–water partition coefficient (Wildman–Crippen LogP) is 0.909. The van der Waals surface area contributed by atoms with Crippen LogP contribution in [0.2, 0.25) is 0 Å². The number of anilines is 1. The Hall–Kier alpha value is -1.45. The Morgan fingerprint density at radius 2 is 1.93 bits per heavy atom. The number of rotatable bonds is 6. The lowest BCUT2D eigenvalue weighted by Gasteiger charge is -2.36. The highest BCUT2D eigenvalue weighted by Crippen LogP contribution is 2.19. The summed E-state index contributed by atoms with van der Waals surface area (Å²) in [6, 6.07) is 0.442. The molecule has 2 aliphatic rings. The van der Waals surface area contributed by atoms with Gasteiger partial charge in [-0.3, -0.25) is 9.89 Å². The smallest absolute Gasteiger partial charge is 0.205 e. The normalized spacial score (nSPS) is 20.8. The van der Waals surface area contributed by atoms with Crippen LogP contribution in [0.3, 0.4) is 0 Å². The van der Waals surface area contributed by atoms with Gasteiger partial charge in [0.25, 0.3) is 0 Å². The maximum atomic E-state index is 5.45. The number of morpholine rings is 1. The van der Waals surface area contributed by atoms with E-state index in [-0.39, 0.29) is 0 Å². The van der Waals surface area contributed by atoms with Crippen molar-refractivity contribution in [2.24, 2.45) is 4.99 Å². The van der Waals surface area contributed by atoms with E-state index in [9.17, 15) is 0 Å². The standard InChI is InChI=1S/C18H33N7OS/c1-4-16-21-18(27-22-16)25-8-6-24(7-9-25)17(19-5-2)20-14-15(3)23-10-12-26-13-11-23/h15H,4-14H2,1-3H3,(H,19,20). The van der Waals surface area contributed by atoms with Crippen molar-refractivity contribution >= 4 is 22.6 Å². The number of nitrogens with one attached hydrogen (secondary N) is 1. The zero-order chi connectivity index (χ0) is 19.1. The molecular weight excluding hydrogens is 362 g/mol. The maximum Gasteiger partial charge on any atom is 0.205 e. The van der Waals surface area contributed by atoms with Gasteiger partial charge in [-0.15, -0.1) is 0 Å². The van der Waals surface area contributed by atoms with Crippen LogP contribution in [0, 0.1) is 0 Å². The van der Waals surface area contributed by atoms with Gasteiger partial charge in [-0.1, -0.05) is 6.92 Å². The zero-order valence-electron chi connectivity index (χ0n) is 16.9. The molecule has 0 aliphatic carbocycles. The number of guanidine groups is 1. The number of aliphatic imine (C=N–C) groups is 1. The third-order valence-electron chi connectivity index (χ3n) is 5.13. The number of hydrogen-bond donors (Lipinski definition) is 1. The molecule has 1 aromatic heterocycles. The molecule has 0 bridgehead atoms. The molecule has 27 heavy (non-hydrogen) atoms. The van der Waals surface area contributed by atoms with Gasteiger partial charge in [-0.2, -0.15) is 4.37 Å². The van der Waals surface area contributed by atoms with Crippen LogP contribution in [0.4, 0.5) is 5.13 Å². The monoisotopic (exact) mass is 395 g/mol.